The maximum Gasteiger partial charge on any atom is 0.163 e. The van der Waals surface area contributed by atoms with Crippen LogP contribution in [-0.2, 0) is 6.54 Å². The molecule has 0 saturated carbocycles. The Labute approximate surface area is 111 Å². The first-order chi connectivity index (χ1) is 9.33. The van der Waals surface area contributed by atoms with Crippen LogP contribution in [0.4, 0.5) is 5.69 Å². The van der Waals surface area contributed by atoms with Gasteiger partial charge in [-0.2, -0.15) is 0 Å². The molecule has 1 aromatic carbocycles. The van der Waals surface area contributed by atoms with Gasteiger partial charge in [0.05, 0.1) is 26.2 Å². The van der Waals surface area contributed by atoms with Crippen LogP contribution in [0.15, 0.2) is 41.2 Å². The molecule has 1 heterocycles. The lowest BCUT2D eigenvalue weighted by atomic mass is 10.2. The van der Waals surface area contributed by atoms with E-state index in [0.29, 0.717) is 18.0 Å². The molecule has 0 amide bonds. The van der Waals surface area contributed by atoms with Crippen LogP contribution >= 0.6 is 0 Å². The third-order valence-corrected chi connectivity index (χ3v) is 2.59. The van der Waals surface area contributed by atoms with Gasteiger partial charge in [-0.1, -0.05) is 0 Å². The van der Waals surface area contributed by atoms with Gasteiger partial charge in [-0.3, -0.25) is 0 Å². The lowest BCUT2D eigenvalue weighted by Crippen LogP contribution is -2.04. The first-order valence-electron chi connectivity index (χ1n) is 6.00. The second kappa shape index (κ2) is 6.70. The zero-order chi connectivity index (χ0) is 13.5. The van der Waals surface area contributed by atoms with Crippen LogP contribution in [0, 0.1) is 0 Å². The van der Waals surface area contributed by atoms with Crippen molar-refractivity contribution in [2.24, 2.45) is 0 Å². The van der Waals surface area contributed by atoms with Gasteiger partial charge in [0.1, 0.15) is 6.61 Å². The number of hydrogen-bond acceptors (Lipinski definition) is 5. The Morgan fingerprint density at radius 3 is 2.84 bits per heavy atom. The molecular formula is C14H17NO4. The van der Waals surface area contributed by atoms with Gasteiger partial charge >= 0.3 is 0 Å². The zero-order valence-corrected chi connectivity index (χ0v) is 10.8. The number of hydrogen-bond donors (Lipinski definition) is 2. The van der Waals surface area contributed by atoms with Crippen molar-refractivity contribution < 1.29 is 19.0 Å². The molecule has 0 radical (unpaired) electrons. The zero-order valence-electron chi connectivity index (χ0n) is 10.8. The molecule has 0 aliphatic heterocycles. The van der Waals surface area contributed by atoms with Crippen molar-refractivity contribution in [1.29, 1.82) is 0 Å². The molecule has 5 nitrogen and oxygen atoms in total. The predicted molar refractivity (Wildman–Crippen MR) is 71.6 cm³/mol. The molecule has 0 aliphatic carbocycles. The van der Waals surface area contributed by atoms with Gasteiger partial charge in [-0.15, -0.1) is 0 Å². The van der Waals surface area contributed by atoms with Crippen LogP contribution in [-0.4, -0.2) is 25.4 Å². The van der Waals surface area contributed by atoms with Crippen LogP contribution in [0.2, 0.25) is 0 Å². The minimum absolute atomic E-state index is 0.0319. The summed E-state index contributed by atoms with van der Waals surface area (Å²) in [4.78, 5) is 0. The van der Waals surface area contributed by atoms with Crippen molar-refractivity contribution in [3.8, 4) is 11.5 Å². The van der Waals surface area contributed by atoms with Gasteiger partial charge in [0, 0.05) is 23.9 Å². The number of furan rings is 1. The molecule has 0 spiro atoms. The highest BCUT2D eigenvalue weighted by molar-refractivity contribution is 5.54. The van der Waals surface area contributed by atoms with E-state index in [1.165, 1.54) is 0 Å². The Morgan fingerprint density at radius 1 is 1.26 bits per heavy atom. The molecule has 2 N–H and O–H groups in total. The molecule has 0 bridgehead atoms. The fourth-order valence-corrected chi connectivity index (χ4v) is 1.65. The minimum atomic E-state index is -0.0319. The molecule has 0 unspecified atom stereocenters. The summed E-state index contributed by atoms with van der Waals surface area (Å²) in [5.41, 5.74) is 1.98. The minimum Gasteiger partial charge on any atom is -0.493 e. The monoisotopic (exact) mass is 263 g/mol. The van der Waals surface area contributed by atoms with Crippen molar-refractivity contribution in [2.45, 2.75) is 6.54 Å². The van der Waals surface area contributed by atoms with Gasteiger partial charge in [0.2, 0.25) is 0 Å². The number of aliphatic hydroxyl groups excluding tert-OH is 1. The van der Waals surface area contributed by atoms with E-state index >= 15 is 0 Å². The van der Waals surface area contributed by atoms with E-state index in [1.807, 2.05) is 24.3 Å². The maximum atomic E-state index is 8.80. The summed E-state index contributed by atoms with van der Waals surface area (Å²) >= 11 is 0. The normalized spacial score (nSPS) is 10.2. The number of rotatable bonds is 7. The second-order valence-electron chi connectivity index (χ2n) is 3.92. The van der Waals surface area contributed by atoms with Crippen molar-refractivity contribution in [3.63, 3.8) is 0 Å². The van der Waals surface area contributed by atoms with E-state index in [2.05, 4.69) is 5.32 Å². The Hall–Kier alpha value is -2.14. The van der Waals surface area contributed by atoms with Crippen molar-refractivity contribution in [1.82, 2.24) is 0 Å². The first kappa shape index (κ1) is 13.3. The average Bonchev–Trinajstić information content (AvgIpc) is 2.96. The standard InChI is InChI=1S/C14H17NO4/c1-17-13-3-2-12(8-14(13)19-7-5-16)15-9-11-4-6-18-10-11/h2-4,6,8,10,15-16H,5,7,9H2,1H3. The highest BCUT2D eigenvalue weighted by atomic mass is 16.5. The lowest BCUT2D eigenvalue weighted by Gasteiger charge is -2.12. The van der Waals surface area contributed by atoms with Crippen molar-refractivity contribution in [2.75, 3.05) is 25.6 Å². The molecule has 2 aromatic rings. The van der Waals surface area contributed by atoms with Gasteiger partial charge < -0.3 is 24.3 Å². The van der Waals surface area contributed by atoms with Gasteiger partial charge in [-0.05, 0) is 18.2 Å². The molecular weight excluding hydrogens is 246 g/mol. The molecule has 5 heteroatoms. The third kappa shape index (κ3) is 3.66. The van der Waals surface area contributed by atoms with E-state index in [4.69, 9.17) is 19.0 Å². The Morgan fingerprint density at radius 2 is 2.16 bits per heavy atom. The summed E-state index contributed by atoms with van der Waals surface area (Å²) in [5.74, 6) is 1.25. The highest BCUT2D eigenvalue weighted by Gasteiger charge is 2.05. The highest BCUT2D eigenvalue weighted by Crippen LogP contribution is 2.30. The van der Waals surface area contributed by atoms with Gasteiger partial charge in [0.15, 0.2) is 11.5 Å². The van der Waals surface area contributed by atoms with E-state index in [0.717, 1.165) is 11.3 Å². The molecule has 0 saturated heterocycles. The second-order valence-corrected chi connectivity index (χ2v) is 3.92. The number of ether oxygens (including phenoxy) is 2. The molecule has 1 aromatic heterocycles. The van der Waals surface area contributed by atoms with Gasteiger partial charge in [0.25, 0.3) is 0 Å². The Balaban J connectivity index is 2.04. The van der Waals surface area contributed by atoms with E-state index in [1.54, 1.807) is 19.6 Å². The summed E-state index contributed by atoms with van der Waals surface area (Å²) in [6.45, 7) is 0.875. The van der Waals surface area contributed by atoms with Gasteiger partial charge in [-0.25, -0.2) is 0 Å². The van der Waals surface area contributed by atoms with Crippen LogP contribution < -0.4 is 14.8 Å². The summed E-state index contributed by atoms with van der Waals surface area (Å²) in [7, 11) is 1.58. The average molecular weight is 263 g/mol. The Kier molecular flexibility index (Phi) is 4.69. The van der Waals surface area contributed by atoms with Crippen LogP contribution in [0.1, 0.15) is 5.56 Å². The topological polar surface area (TPSA) is 63.9 Å². The molecule has 0 aliphatic rings. The van der Waals surface area contributed by atoms with E-state index < -0.39 is 0 Å². The maximum absolute atomic E-state index is 8.80. The summed E-state index contributed by atoms with van der Waals surface area (Å²) < 4.78 is 15.6. The smallest absolute Gasteiger partial charge is 0.163 e. The molecule has 0 atom stereocenters. The largest absolute Gasteiger partial charge is 0.493 e. The quantitative estimate of drug-likeness (QED) is 0.802. The predicted octanol–water partition coefficient (Wildman–Crippen LogP) is 2.27. The molecule has 0 fully saturated rings. The number of benzene rings is 1. The SMILES string of the molecule is COc1ccc(NCc2ccoc2)cc1OCCO. The molecule has 102 valence electrons. The molecule has 19 heavy (non-hydrogen) atoms. The van der Waals surface area contributed by atoms with E-state index in [9.17, 15) is 0 Å². The van der Waals surface area contributed by atoms with Crippen molar-refractivity contribution in [3.05, 3.63) is 42.4 Å². The summed E-state index contributed by atoms with van der Waals surface area (Å²) in [5, 5.41) is 12.1. The number of methoxy groups -OCH3 is 1. The lowest BCUT2D eigenvalue weighted by molar-refractivity contribution is 0.196. The van der Waals surface area contributed by atoms with Crippen LogP contribution in [0.3, 0.4) is 0 Å². The third-order valence-electron chi connectivity index (χ3n) is 2.59. The number of aliphatic hydroxyl groups is 1. The van der Waals surface area contributed by atoms with E-state index in [-0.39, 0.29) is 13.2 Å². The number of anilines is 1. The fraction of sp³-hybridized carbons (Fsp3) is 0.286. The van der Waals surface area contributed by atoms with Crippen molar-refractivity contribution >= 4 is 5.69 Å². The Bertz CT molecular complexity index is 496. The summed E-state index contributed by atoms with van der Waals surface area (Å²) in [6, 6.07) is 7.48. The summed E-state index contributed by atoms with van der Waals surface area (Å²) in [6.07, 6.45) is 3.33. The molecule has 2 rings (SSSR count). The fourth-order valence-electron chi connectivity index (χ4n) is 1.65. The first-order valence-corrected chi connectivity index (χ1v) is 6.00. The van der Waals surface area contributed by atoms with Crippen LogP contribution in [0.25, 0.3) is 0 Å². The number of nitrogens with one attached hydrogen (secondary N) is 1. The van der Waals surface area contributed by atoms with Crippen LogP contribution in [0.5, 0.6) is 11.5 Å².